The number of ether oxygens (including phenoxy) is 1. The summed E-state index contributed by atoms with van der Waals surface area (Å²) in [4.78, 5) is 12.7. The molecule has 0 saturated heterocycles. The lowest BCUT2D eigenvalue weighted by molar-refractivity contribution is -0.137. The number of carboxylic acid groups (broad SMARTS) is 1. The molecule has 0 aliphatic carbocycles. The third kappa shape index (κ3) is 5.09. The first-order valence-corrected chi connectivity index (χ1v) is 6.75. The van der Waals surface area contributed by atoms with Crippen molar-refractivity contribution in [1.82, 2.24) is 4.90 Å². The number of aromatic hydroxyl groups is 1. The van der Waals surface area contributed by atoms with Crippen molar-refractivity contribution in [2.24, 2.45) is 0 Å². The second kappa shape index (κ2) is 7.75. The fourth-order valence-electron chi connectivity index (χ4n) is 1.98. The lowest BCUT2D eigenvalue weighted by Crippen LogP contribution is -2.31. The summed E-state index contributed by atoms with van der Waals surface area (Å²) in [5.74, 6) is 0.0439. The Bertz CT molecular complexity index is 445. The van der Waals surface area contributed by atoms with Crippen LogP contribution in [0.4, 0.5) is 0 Å². The van der Waals surface area contributed by atoms with E-state index >= 15 is 0 Å². The van der Waals surface area contributed by atoms with Crippen LogP contribution in [-0.2, 0) is 11.3 Å². The van der Waals surface area contributed by atoms with Crippen molar-refractivity contribution in [3.63, 3.8) is 0 Å². The summed E-state index contributed by atoms with van der Waals surface area (Å²) < 4.78 is 5.05. The number of phenolic OH excluding ortho intramolecular Hbond substituents is 1. The van der Waals surface area contributed by atoms with Gasteiger partial charge in [-0.2, -0.15) is 0 Å². The van der Waals surface area contributed by atoms with Crippen LogP contribution in [0.25, 0.3) is 0 Å². The van der Waals surface area contributed by atoms with Gasteiger partial charge in [0, 0.05) is 30.6 Å². The van der Waals surface area contributed by atoms with Crippen molar-refractivity contribution in [1.29, 1.82) is 0 Å². The second-order valence-electron chi connectivity index (χ2n) is 5.06. The highest BCUT2D eigenvalue weighted by Crippen LogP contribution is 2.25. The molecule has 0 aromatic heterocycles. The number of hydrogen-bond acceptors (Lipinski definition) is 4. The maximum absolute atomic E-state index is 10.6. The fraction of sp³-hybridized carbons (Fsp3) is 0.533. The highest BCUT2D eigenvalue weighted by molar-refractivity contribution is 5.66. The number of aliphatic carboxylic acids is 1. The van der Waals surface area contributed by atoms with Crippen LogP contribution in [0.15, 0.2) is 18.2 Å². The minimum Gasteiger partial charge on any atom is -0.507 e. The fourth-order valence-corrected chi connectivity index (χ4v) is 1.98. The van der Waals surface area contributed by atoms with E-state index in [0.717, 1.165) is 5.56 Å². The number of hydrogen-bond donors (Lipinski definition) is 2. The van der Waals surface area contributed by atoms with Crippen LogP contribution in [0.5, 0.6) is 11.5 Å². The van der Waals surface area contributed by atoms with Gasteiger partial charge in [0.2, 0.25) is 0 Å². The Labute approximate surface area is 119 Å². The van der Waals surface area contributed by atoms with Crippen molar-refractivity contribution in [2.45, 2.75) is 39.3 Å². The minimum absolute atomic E-state index is 0.164. The van der Waals surface area contributed by atoms with Crippen LogP contribution in [0, 0.1) is 0 Å². The monoisotopic (exact) mass is 281 g/mol. The van der Waals surface area contributed by atoms with Crippen molar-refractivity contribution in [3.8, 4) is 11.5 Å². The maximum Gasteiger partial charge on any atom is 0.303 e. The molecule has 0 bridgehead atoms. The zero-order valence-electron chi connectivity index (χ0n) is 12.3. The summed E-state index contributed by atoms with van der Waals surface area (Å²) in [6.45, 7) is 5.39. The van der Waals surface area contributed by atoms with E-state index in [1.165, 1.54) is 0 Å². The van der Waals surface area contributed by atoms with Gasteiger partial charge in [-0.05, 0) is 32.9 Å². The van der Waals surface area contributed by atoms with E-state index in [0.29, 0.717) is 25.3 Å². The molecule has 0 unspecified atom stereocenters. The standard InChI is InChI=1S/C15H23NO4/c1-11(2)16(8-4-5-15(18)19)10-12-6-7-13(20-3)9-14(12)17/h6-7,9,11,17H,4-5,8,10H2,1-3H3,(H,18,19). The Morgan fingerprint density at radius 1 is 1.40 bits per heavy atom. The van der Waals surface area contributed by atoms with Gasteiger partial charge >= 0.3 is 5.97 Å². The molecule has 1 aromatic rings. The van der Waals surface area contributed by atoms with Gasteiger partial charge in [0.05, 0.1) is 7.11 Å². The van der Waals surface area contributed by atoms with Crippen molar-refractivity contribution in [2.75, 3.05) is 13.7 Å². The summed E-state index contributed by atoms with van der Waals surface area (Å²) in [7, 11) is 1.56. The highest BCUT2D eigenvalue weighted by Gasteiger charge is 2.13. The molecule has 0 saturated carbocycles. The van der Waals surface area contributed by atoms with Gasteiger partial charge < -0.3 is 14.9 Å². The van der Waals surface area contributed by atoms with Gasteiger partial charge in [-0.25, -0.2) is 0 Å². The van der Waals surface area contributed by atoms with Crippen LogP contribution in [-0.4, -0.2) is 40.8 Å². The predicted molar refractivity (Wildman–Crippen MR) is 77.1 cm³/mol. The van der Waals surface area contributed by atoms with Gasteiger partial charge in [0.15, 0.2) is 0 Å². The Morgan fingerprint density at radius 2 is 2.10 bits per heavy atom. The molecule has 0 fully saturated rings. The van der Waals surface area contributed by atoms with E-state index in [9.17, 15) is 9.90 Å². The molecule has 1 aromatic carbocycles. The molecule has 1 rings (SSSR count). The van der Waals surface area contributed by atoms with Gasteiger partial charge in [-0.1, -0.05) is 6.07 Å². The Balaban J connectivity index is 2.67. The van der Waals surface area contributed by atoms with Crippen LogP contribution in [0.1, 0.15) is 32.3 Å². The lowest BCUT2D eigenvalue weighted by atomic mass is 10.1. The Morgan fingerprint density at radius 3 is 2.60 bits per heavy atom. The first-order valence-electron chi connectivity index (χ1n) is 6.75. The van der Waals surface area contributed by atoms with Crippen molar-refractivity contribution in [3.05, 3.63) is 23.8 Å². The van der Waals surface area contributed by atoms with E-state index in [-0.39, 0.29) is 18.2 Å². The number of benzene rings is 1. The second-order valence-corrected chi connectivity index (χ2v) is 5.06. The molecule has 0 aliphatic heterocycles. The molecule has 0 atom stereocenters. The summed E-state index contributed by atoms with van der Waals surface area (Å²) in [6, 6.07) is 5.52. The lowest BCUT2D eigenvalue weighted by Gasteiger charge is -2.26. The van der Waals surface area contributed by atoms with Crippen molar-refractivity contribution >= 4 is 5.97 Å². The van der Waals surface area contributed by atoms with Crippen LogP contribution < -0.4 is 4.74 Å². The Hall–Kier alpha value is -1.75. The molecule has 0 radical (unpaired) electrons. The average Bonchev–Trinajstić information content (AvgIpc) is 2.38. The number of nitrogens with zero attached hydrogens (tertiary/aromatic N) is 1. The molecule has 2 N–H and O–H groups in total. The van der Waals surface area contributed by atoms with Crippen LogP contribution in [0.3, 0.4) is 0 Å². The number of phenols is 1. The molecule has 112 valence electrons. The molecule has 20 heavy (non-hydrogen) atoms. The molecule has 5 heteroatoms. The average molecular weight is 281 g/mol. The summed E-state index contributed by atoms with van der Waals surface area (Å²) in [6.07, 6.45) is 0.766. The number of carboxylic acids is 1. The largest absolute Gasteiger partial charge is 0.507 e. The summed E-state index contributed by atoms with van der Waals surface area (Å²) >= 11 is 0. The first kappa shape index (κ1) is 16.3. The predicted octanol–water partition coefficient (Wildman–Crippen LogP) is 2.48. The minimum atomic E-state index is -0.777. The third-order valence-corrected chi connectivity index (χ3v) is 3.23. The molecule has 0 spiro atoms. The Kier molecular flexibility index (Phi) is 6.31. The molecule has 0 heterocycles. The summed E-state index contributed by atoms with van der Waals surface area (Å²) in [5.41, 5.74) is 0.815. The van der Waals surface area contributed by atoms with E-state index < -0.39 is 5.97 Å². The zero-order chi connectivity index (χ0) is 15.1. The van der Waals surface area contributed by atoms with E-state index in [1.807, 2.05) is 12.1 Å². The van der Waals surface area contributed by atoms with Gasteiger partial charge in [0.1, 0.15) is 11.5 Å². The topological polar surface area (TPSA) is 70.0 Å². The zero-order valence-corrected chi connectivity index (χ0v) is 12.3. The van der Waals surface area contributed by atoms with Gasteiger partial charge in [-0.15, -0.1) is 0 Å². The van der Waals surface area contributed by atoms with Crippen LogP contribution in [0.2, 0.25) is 0 Å². The van der Waals surface area contributed by atoms with E-state index in [4.69, 9.17) is 9.84 Å². The van der Waals surface area contributed by atoms with Gasteiger partial charge in [-0.3, -0.25) is 9.69 Å². The molecular formula is C15H23NO4. The SMILES string of the molecule is COc1ccc(CN(CCCC(=O)O)C(C)C)c(O)c1. The first-order chi connectivity index (χ1) is 9.43. The normalized spacial score (nSPS) is 11.1. The summed E-state index contributed by atoms with van der Waals surface area (Å²) in [5, 5.41) is 18.7. The third-order valence-electron chi connectivity index (χ3n) is 3.23. The van der Waals surface area contributed by atoms with Gasteiger partial charge in [0.25, 0.3) is 0 Å². The molecule has 0 amide bonds. The van der Waals surface area contributed by atoms with Crippen molar-refractivity contribution < 1.29 is 19.7 Å². The van der Waals surface area contributed by atoms with E-state index in [1.54, 1.807) is 13.2 Å². The van der Waals surface area contributed by atoms with E-state index in [2.05, 4.69) is 18.7 Å². The highest BCUT2D eigenvalue weighted by atomic mass is 16.5. The quantitative estimate of drug-likeness (QED) is 0.766. The maximum atomic E-state index is 10.6. The van der Waals surface area contributed by atoms with Crippen LogP contribution >= 0.6 is 0 Å². The number of methoxy groups -OCH3 is 1. The smallest absolute Gasteiger partial charge is 0.303 e. The number of carbonyl (C=O) groups is 1. The number of rotatable bonds is 8. The molecule has 0 aliphatic rings. The molecular weight excluding hydrogens is 258 g/mol. The molecule has 5 nitrogen and oxygen atoms in total.